The van der Waals surface area contributed by atoms with Gasteiger partial charge in [-0.1, -0.05) is 0 Å². The van der Waals surface area contributed by atoms with Crippen molar-refractivity contribution in [1.82, 2.24) is 0 Å². The van der Waals surface area contributed by atoms with Gasteiger partial charge in [-0.05, 0) is 34.5 Å². The van der Waals surface area contributed by atoms with Crippen LogP contribution >= 0.6 is 15.9 Å². The molecule has 0 heterocycles. The topological polar surface area (TPSA) is 61.8 Å². The molecule has 0 spiro atoms. The fourth-order valence-electron chi connectivity index (χ4n) is 1.33. The van der Waals surface area contributed by atoms with Gasteiger partial charge in [-0.2, -0.15) is 5.26 Å². The highest BCUT2D eigenvalue weighted by molar-refractivity contribution is 9.10. The van der Waals surface area contributed by atoms with Crippen molar-refractivity contribution in [3.63, 3.8) is 0 Å². The molecule has 1 aliphatic rings. The predicted octanol–water partition coefficient (Wildman–Crippen LogP) is 1.97. The van der Waals surface area contributed by atoms with Crippen molar-refractivity contribution in [1.29, 1.82) is 5.26 Å². The van der Waals surface area contributed by atoms with Gasteiger partial charge in [0.05, 0.1) is 15.7 Å². The quantitative estimate of drug-likeness (QED) is 0.863. The number of nitriles is 1. The van der Waals surface area contributed by atoms with E-state index in [0.29, 0.717) is 5.69 Å². The van der Waals surface area contributed by atoms with Gasteiger partial charge in [0.2, 0.25) is 0 Å². The Balaban J connectivity index is 2.26. The van der Waals surface area contributed by atoms with E-state index in [9.17, 15) is 4.39 Å². The molecular formula is C10H9BrFN3. The molecule has 2 unspecified atom stereocenters. The Morgan fingerprint density at radius 2 is 2.27 bits per heavy atom. The summed E-state index contributed by atoms with van der Waals surface area (Å²) in [5.74, 6) is -0.437. The molecule has 2 rings (SSSR count). The molecule has 15 heavy (non-hydrogen) atoms. The fraction of sp³-hybridized carbons (Fsp3) is 0.300. The molecule has 5 heteroatoms. The van der Waals surface area contributed by atoms with Gasteiger partial charge in [0.1, 0.15) is 6.07 Å². The summed E-state index contributed by atoms with van der Waals surface area (Å²) in [5.41, 5.74) is 6.29. The molecule has 0 aliphatic heterocycles. The summed E-state index contributed by atoms with van der Waals surface area (Å²) in [4.78, 5) is 0. The van der Waals surface area contributed by atoms with Crippen LogP contribution in [-0.4, -0.2) is 12.1 Å². The zero-order chi connectivity index (χ0) is 11.0. The van der Waals surface area contributed by atoms with E-state index in [1.165, 1.54) is 0 Å². The van der Waals surface area contributed by atoms with Gasteiger partial charge < -0.3 is 11.1 Å². The van der Waals surface area contributed by atoms with Crippen LogP contribution < -0.4 is 11.1 Å². The summed E-state index contributed by atoms with van der Waals surface area (Å²) in [6, 6.07) is 5.30. The zero-order valence-electron chi connectivity index (χ0n) is 7.80. The smallest absolute Gasteiger partial charge is 0.161 e. The van der Waals surface area contributed by atoms with Gasteiger partial charge in [-0.3, -0.25) is 0 Å². The van der Waals surface area contributed by atoms with Crippen LogP contribution in [0.25, 0.3) is 0 Å². The standard InChI is InChI=1S/C10H9BrFN3/c11-9-5(4-13)1-2-7(10(9)12)15-8-3-6(8)14/h1-2,6,8,15H,3,14H2. The maximum absolute atomic E-state index is 13.7. The molecule has 1 saturated carbocycles. The van der Waals surface area contributed by atoms with Gasteiger partial charge in [0.25, 0.3) is 0 Å². The summed E-state index contributed by atoms with van der Waals surface area (Å²) in [5, 5.41) is 11.7. The first-order valence-corrected chi connectivity index (χ1v) is 5.33. The van der Waals surface area contributed by atoms with E-state index in [1.54, 1.807) is 12.1 Å². The minimum absolute atomic E-state index is 0.110. The van der Waals surface area contributed by atoms with Crippen molar-refractivity contribution in [2.45, 2.75) is 18.5 Å². The lowest BCUT2D eigenvalue weighted by Gasteiger charge is -2.08. The van der Waals surface area contributed by atoms with Crippen molar-refractivity contribution in [2.75, 3.05) is 5.32 Å². The van der Waals surface area contributed by atoms with Crippen molar-refractivity contribution in [3.8, 4) is 6.07 Å². The van der Waals surface area contributed by atoms with Crippen LogP contribution in [-0.2, 0) is 0 Å². The maximum Gasteiger partial charge on any atom is 0.161 e. The minimum atomic E-state index is -0.437. The van der Waals surface area contributed by atoms with E-state index < -0.39 is 5.82 Å². The van der Waals surface area contributed by atoms with Gasteiger partial charge in [-0.25, -0.2) is 4.39 Å². The summed E-state index contributed by atoms with van der Waals surface area (Å²) < 4.78 is 13.9. The van der Waals surface area contributed by atoms with Crippen molar-refractivity contribution >= 4 is 21.6 Å². The Labute approximate surface area is 95.2 Å². The number of hydrogen-bond donors (Lipinski definition) is 2. The van der Waals surface area contributed by atoms with E-state index in [2.05, 4.69) is 21.2 Å². The number of nitrogens with zero attached hydrogens (tertiary/aromatic N) is 1. The lowest BCUT2D eigenvalue weighted by Crippen LogP contribution is -2.14. The highest BCUT2D eigenvalue weighted by atomic mass is 79.9. The van der Waals surface area contributed by atoms with Crippen molar-refractivity contribution in [2.24, 2.45) is 5.73 Å². The van der Waals surface area contributed by atoms with Crippen LogP contribution in [0.15, 0.2) is 16.6 Å². The third-order valence-corrected chi connectivity index (χ3v) is 3.16. The van der Waals surface area contributed by atoms with Gasteiger partial charge in [0.15, 0.2) is 5.82 Å². The molecule has 78 valence electrons. The summed E-state index contributed by atoms with van der Waals surface area (Å²) in [6.45, 7) is 0. The van der Waals surface area contributed by atoms with Crippen LogP contribution in [0.4, 0.5) is 10.1 Å². The summed E-state index contributed by atoms with van der Waals surface area (Å²) in [7, 11) is 0. The van der Waals surface area contributed by atoms with Crippen molar-refractivity contribution in [3.05, 3.63) is 28.0 Å². The molecule has 1 aliphatic carbocycles. The molecule has 0 saturated heterocycles. The van der Waals surface area contributed by atoms with E-state index in [-0.39, 0.29) is 22.1 Å². The van der Waals surface area contributed by atoms with E-state index in [4.69, 9.17) is 11.0 Å². The van der Waals surface area contributed by atoms with Crippen LogP contribution in [0.3, 0.4) is 0 Å². The highest BCUT2D eigenvalue weighted by Gasteiger charge is 2.34. The molecule has 0 aromatic heterocycles. The second-order valence-electron chi connectivity index (χ2n) is 3.55. The zero-order valence-corrected chi connectivity index (χ0v) is 9.38. The Bertz CT molecular complexity index is 441. The molecule has 1 aromatic rings. The molecule has 1 aromatic carbocycles. The SMILES string of the molecule is N#Cc1ccc(NC2CC2N)c(F)c1Br. The van der Waals surface area contributed by atoms with Crippen LogP contribution in [0.2, 0.25) is 0 Å². The molecular weight excluding hydrogens is 261 g/mol. The maximum atomic E-state index is 13.7. The first-order valence-electron chi connectivity index (χ1n) is 4.53. The Morgan fingerprint density at radius 1 is 1.60 bits per heavy atom. The average Bonchev–Trinajstić information content (AvgIpc) is 2.90. The largest absolute Gasteiger partial charge is 0.378 e. The molecule has 0 radical (unpaired) electrons. The van der Waals surface area contributed by atoms with Gasteiger partial charge in [0, 0.05) is 12.1 Å². The Kier molecular flexibility index (Phi) is 2.63. The molecule has 0 amide bonds. The van der Waals surface area contributed by atoms with E-state index in [0.717, 1.165) is 6.42 Å². The highest BCUT2D eigenvalue weighted by Crippen LogP contribution is 2.30. The third kappa shape index (κ3) is 1.96. The number of nitrogens with one attached hydrogen (secondary N) is 1. The molecule has 3 nitrogen and oxygen atoms in total. The van der Waals surface area contributed by atoms with Gasteiger partial charge >= 0.3 is 0 Å². The molecule has 0 bridgehead atoms. The van der Waals surface area contributed by atoms with E-state index in [1.807, 2.05) is 6.07 Å². The normalized spacial score (nSPS) is 23.3. The van der Waals surface area contributed by atoms with Crippen molar-refractivity contribution < 1.29 is 4.39 Å². The number of benzene rings is 1. The third-order valence-electron chi connectivity index (χ3n) is 2.38. The second-order valence-corrected chi connectivity index (χ2v) is 4.34. The first-order chi connectivity index (χ1) is 7.13. The van der Waals surface area contributed by atoms with Gasteiger partial charge in [-0.15, -0.1) is 0 Å². The predicted molar refractivity (Wildman–Crippen MR) is 58.8 cm³/mol. The summed E-state index contributed by atoms with van der Waals surface area (Å²) in [6.07, 6.45) is 0.858. The van der Waals surface area contributed by atoms with Crippen LogP contribution in [0.5, 0.6) is 0 Å². The number of hydrogen-bond acceptors (Lipinski definition) is 3. The fourth-order valence-corrected chi connectivity index (χ4v) is 1.76. The molecule has 2 atom stereocenters. The Hall–Kier alpha value is -1.12. The average molecular weight is 270 g/mol. The number of rotatable bonds is 2. The minimum Gasteiger partial charge on any atom is -0.378 e. The van der Waals surface area contributed by atoms with E-state index >= 15 is 0 Å². The van der Waals surface area contributed by atoms with Crippen LogP contribution in [0, 0.1) is 17.1 Å². The summed E-state index contributed by atoms with van der Waals surface area (Å²) >= 11 is 3.05. The number of anilines is 1. The number of nitrogens with two attached hydrogens (primary N) is 1. The van der Waals surface area contributed by atoms with Crippen LogP contribution in [0.1, 0.15) is 12.0 Å². The lowest BCUT2D eigenvalue weighted by atomic mass is 10.2. The molecule has 1 fully saturated rings. The second kappa shape index (κ2) is 3.80. The monoisotopic (exact) mass is 269 g/mol. The lowest BCUT2D eigenvalue weighted by molar-refractivity contribution is 0.622. The number of halogens is 2. The first kappa shape index (κ1) is 10.4. The Morgan fingerprint density at radius 3 is 2.80 bits per heavy atom. The molecule has 3 N–H and O–H groups in total.